The average Bonchev–Trinajstić information content (AvgIpc) is 2.95. The topological polar surface area (TPSA) is 33.2 Å². The van der Waals surface area contributed by atoms with Crippen molar-refractivity contribution in [2.75, 3.05) is 6.54 Å². The van der Waals surface area contributed by atoms with Crippen molar-refractivity contribution in [3.8, 4) is 0 Å². The molecule has 2 aromatic rings. The third-order valence-electron chi connectivity index (χ3n) is 4.02. The number of rotatable bonds is 2. The lowest BCUT2D eigenvalue weighted by Gasteiger charge is -2.23. The summed E-state index contributed by atoms with van der Waals surface area (Å²) in [7, 11) is 0. The van der Waals surface area contributed by atoms with Crippen LogP contribution < -0.4 is 0 Å². The highest BCUT2D eigenvalue weighted by Gasteiger charge is 2.29. The quantitative estimate of drug-likeness (QED) is 0.785. The predicted octanol–water partition coefficient (Wildman–Crippen LogP) is 3.90. The second-order valence-corrected chi connectivity index (χ2v) is 5.58. The number of carbonyl (C=O) groups excluding carboxylic acids is 1. The summed E-state index contributed by atoms with van der Waals surface area (Å²) < 4.78 is 0. The van der Waals surface area contributed by atoms with Gasteiger partial charge >= 0.3 is 0 Å². The maximum atomic E-state index is 12.6. The number of hydrogen-bond acceptors (Lipinski definition) is 2. The fourth-order valence-electron chi connectivity index (χ4n) is 2.94. The van der Waals surface area contributed by atoms with Gasteiger partial charge in [0.05, 0.1) is 0 Å². The maximum Gasteiger partial charge on any atom is 0.272 e. The van der Waals surface area contributed by atoms with E-state index in [9.17, 15) is 4.79 Å². The van der Waals surface area contributed by atoms with E-state index >= 15 is 0 Å². The molecule has 1 amide bonds. The highest BCUT2D eigenvalue weighted by Crippen LogP contribution is 2.26. The van der Waals surface area contributed by atoms with Crippen molar-refractivity contribution in [2.45, 2.75) is 32.2 Å². The smallest absolute Gasteiger partial charge is 0.272 e. The molecule has 1 aromatic carbocycles. The minimum absolute atomic E-state index is 0.00185. The third-order valence-corrected chi connectivity index (χ3v) is 4.31. The minimum atomic E-state index is 0.00185. The summed E-state index contributed by atoms with van der Waals surface area (Å²) in [6.45, 7) is 2.94. The number of amides is 1. The van der Waals surface area contributed by atoms with Crippen molar-refractivity contribution in [3.63, 3.8) is 0 Å². The number of halogens is 1. The summed E-state index contributed by atoms with van der Waals surface area (Å²) in [5.74, 6) is 0.00185. The van der Waals surface area contributed by atoms with E-state index in [-0.39, 0.29) is 5.91 Å². The van der Waals surface area contributed by atoms with Crippen molar-refractivity contribution >= 4 is 28.3 Å². The first-order chi connectivity index (χ1) is 9.70. The van der Waals surface area contributed by atoms with Crippen molar-refractivity contribution in [1.29, 1.82) is 0 Å². The number of aromatic nitrogens is 1. The average molecular weight is 289 g/mol. The Hall–Kier alpha value is -1.61. The Morgan fingerprint density at radius 1 is 1.45 bits per heavy atom. The van der Waals surface area contributed by atoms with Crippen molar-refractivity contribution < 1.29 is 4.79 Å². The molecule has 0 bridgehead atoms. The molecule has 1 fully saturated rings. The van der Waals surface area contributed by atoms with Gasteiger partial charge < -0.3 is 4.90 Å². The molecule has 1 atom stereocenters. The minimum Gasteiger partial charge on any atom is -0.334 e. The van der Waals surface area contributed by atoms with Crippen LogP contribution in [-0.4, -0.2) is 28.4 Å². The maximum absolute atomic E-state index is 12.6. The number of fused-ring (bicyclic) bond motifs is 1. The molecule has 0 saturated carbocycles. The zero-order valence-electron chi connectivity index (χ0n) is 11.5. The van der Waals surface area contributed by atoms with Gasteiger partial charge in [-0.25, -0.2) is 4.98 Å². The normalized spacial score (nSPS) is 18.7. The molecule has 1 aliphatic heterocycles. The van der Waals surface area contributed by atoms with Crippen LogP contribution in [0.2, 0.25) is 5.15 Å². The van der Waals surface area contributed by atoms with E-state index in [1.54, 1.807) is 0 Å². The number of carbonyl (C=O) groups is 1. The second-order valence-electron chi connectivity index (χ2n) is 5.22. The van der Waals surface area contributed by atoms with E-state index < -0.39 is 0 Å². The van der Waals surface area contributed by atoms with E-state index in [4.69, 9.17) is 11.6 Å². The lowest BCUT2D eigenvalue weighted by atomic mass is 10.1. The summed E-state index contributed by atoms with van der Waals surface area (Å²) in [6, 6.07) is 9.93. The summed E-state index contributed by atoms with van der Waals surface area (Å²) in [5, 5.41) is 2.25. The Bertz CT molecular complexity index is 656. The van der Waals surface area contributed by atoms with Gasteiger partial charge in [0.2, 0.25) is 0 Å². The SMILES string of the molecule is CCC1CCCN1C(=O)c1cc2ccccc2c(Cl)n1. The lowest BCUT2D eigenvalue weighted by molar-refractivity contribution is 0.0728. The molecule has 1 aromatic heterocycles. The molecule has 0 spiro atoms. The van der Waals surface area contributed by atoms with Crippen LogP contribution in [0.4, 0.5) is 0 Å². The number of nitrogens with zero attached hydrogens (tertiary/aromatic N) is 2. The molecule has 0 N–H and O–H groups in total. The van der Waals surface area contributed by atoms with Crippen LogP contribution in [0, 0.1) is 0 Å². The number of benzene rings is 1. The van der Waals surface area contributed by atoms with Crippen LogP contribution in [0.5, 0.6) is 0 Å². The summed E-state index contributed by atoms with van der Waals surface area (Å²) in [5.41, 5.74) is 0.453. The van der Waals surface area contributed by atoms with Gasteiger partial charge in [-0.15, -0.1) is 0 Å². The monoisotopic (exact) mass is 288 g/mol. The Labute approximate surface area is 123 Å². The Balaban J connectivity index is 1.99. The first-order valence-corrected chi connectivity index (χ1v) is 7.44. The predicted molar refractivity (Wildman–Crippen MR) is 81.1 cm³/mol. The molecule has 20 heavy (non-hydrogen) atoms. The molecular weight excluding hydrogens is 272 g/mol. The van der Waals surface area contributed by atoms with E-state index in [0.717, 1.165) is 36.6 Å². The summed E-state index contributed by atoms with van der Waals surface area (Å²) >= 11 is 6.20. The highest BCUT2D eigenvalue weighted by atomic mass is 35.5. The first-order valence-electron chi connectivity index (χ1n) is 7.07. The Morgan fingerprint density at radius 3 is 3.05 bits per heavy atom. The molecule has 0 aliphatic carbocycles. The van der Waals surface area contributed by atoms with Gasteiger partial charge in [0.15, 0.2) is 0 Å². The molecule has 1 saturated heterocycles. The molecule has 4 heteroatoms. The summed E-state index contributed by atoms with van der Waals surface area (Å²) in [6.07, 6.45) is 3.15. The van der Waals surface area contributed by atoms with Gasteiger partial charge in [-0.3, -0.25) is 4.79 Å². The largest absolute Gasteiger partial charge is 0.334 e. The van der Waals surface area contributed by atoms with Gasteiger partial charge in [0, 0.05) is 18.0 Å². The van der Waals surface area contributed by atoms with Crippen LogP contribution in [0.15, 0.2) is 30.3 Å². The van der Waals surface area contributed by atoms with Crippen molar-refractivity contribution in [2.24, 2.45) is 0 Å². The molecule has 2 heterocycles. The molecule has 1 unspecified atom stereocenters. The van der Waals surface area contributed by atoms with E-state index in [1.165, 1.54) is 0 Å². The van der Waals surface area contributed by atoms with Gasteiger partial charge in [0.1, 0.15) is 10.8 Å². The molecule has 1 aliphatic rings. The molecule has 3 nitrogen and oxygen atoms in total. The van der Waals surface area contributed by atoms with E-state index in [2.05, 4.69) is 11.9 Å². The second kappa shape index (κ2) is 5.41. The van der Waals surface area contributed by atoms with Crippen LogP contribution in [0.1, 0.15) is 36.7 Å². The number of likely N-dealkylation sites (tertiary alicyclic amines) is 1. The van der Waals surface area contributed by atoms with Crippen LogP contribution in [-0.2, 0) is 0 Å². The molecule has 104 valence electrons. The van der Waals surface area contributed by atoms with E-state index in [1.807, 2.05) is 35.2 Å². The Kier molecular flexibility index (Phi) is 3.62. The third kappa shape index (κ3) is 2.27. The fourth-order valence-corrected chi connectivity index (χ4v) is 3.20. The lowest BCUT2D eigenvalue weighted by Crippen LogP contribution is -2.35. The van der Waals surface area contributed by atoms with E-state index in [0.29, 0.717) is 16.9 Å². The zero-order chi connectivity index (χ0) is 14.1. The van der Waals surface area contributed by atoms with Gasteiger partial charge in [-0.05, 0) is 30.7 Å². The number of hydrogen-bond donors (Lipinski definition) is 0. The first kappa shape index (κ1) is 13.4. The van der Waals surface area contributed by atoms with Gasteiger partial charge in [-0.2, -0.15) is 0 Å². The molecular formula is C16H17ClN2O. The molecule has 3 rings (SSSR count). The Morgan fingerprint density at radius 2 is 2.25 bits per heavy atom. The fraction of sp³-hybridized carbons (Fsp3) is 0.375. The van der Waals surface area contributed by atoms with Crippen LogP contribution in [0.3, 0.4) is 0 Å². The van der Waals surface area contributed by atoms with Crippen LogP contribution in [0.25, 0.3) is 10.8 Å². The number of pyridine rings is 1. The standard InChI is InChI=1S/C16H17ClN2O/c1-2-12-7-5-9-19(12)16(20)14-10-11-6-3-4-8-13(11)15(17)18-14/h3-4,6,8,10,12H,2,5,7,9H2,1H3. The van der Waals surface area contributed by atoms with Crippen molar-refractivity contribution in [3.05, 3.63) is 41.2 Å². The zero-order valence-corrected chi connectivity index (χ0v) is 12.2. The highest BCUT2D eigenvalue weighted by molar-refractivity contribution is 6.34. The summed E-state index contributed by atoms with van der Waals surface area (Å²) in [4.78, 5) is 18.8. The van der Waals surface area contributed by atoms with Gasteiger partial charge in [-0.1, -0.05) is 42.8 Å². The van der Waals surface area contributed by atoms with Crippen LogP contribution >= 0.6 is 11.6 Å². The van der Waals surface area contributed by atoms with Crippen molar-refractivity contribution in [1.82, 2.24) is 9.88 Å². The van der Waals surface area contributed by atoms with Gasteiger partial charge in [0.25, 0.3) is 5.91 Å². The molecule has 0 radical (unpaired) electrons.